The molecule has 1 aromatic heterocycles. The summed E-state index contributed by atoms with van der Waals surface area (Å²) in [7, 11) is 0. The number of carboxylic acid groups (broad SMARTS) is 1. The van der Waals surface area contributed by atoms with Crippen molar-refractivity contribution in [2.24, 2.45) is 0 Å². The number of carbonyl (C=O) groups is 1. The van der Waals surface area contributed by atoms with E-state index in [1.807, 2.05) is 31.2 Å². The molecule has 2 N–H and O–H groups in total. The van der Waals surface area contributed by atoms with Crippen LogP contribution in [0, 0.1) is 0 Å². The van der Waals surface area contributed by atoms with Crippen molar-refractivity contribution >= 4 is 28.1 Å². The number of aromatic carboxylic acids is 1. The Kier molecular flexibility index (Phi) is 7.06. The molecule has 2 aromatic rings. The molecule has 0 radical (unpaired) electrons. The van der Waals surface area contributed by atoms with Crippen molar-refractivity contribution in [2.45, 2.75) is 46.0 Å². The number of nitrogens with one attached hydrogen (secondary N) is 1. The molecule has 0 fully saturated rings. The van der Waals surface area contributed by atoms with Gasteiger partial charge in [0.15, 0.2) is 5.13 Å². The molecule has 2 rings (SSSR count). The lowest BCUT2D eigenvalue weighted by Gasteiger charge is -2.07. The van der Waals surface area contributed by atoms with Crippen molar-refractivity contribution in [1.82, 2.24) is 4.98 Å². The van der Waals surface area contributed by atoms with Crippen LogP contribution >= 0.6 is 11.3 Å². The Morgan fingerprint density at radius 2 is 1.96 bits per heavy atom. The van der Waals surface area contributed by atoms with E-state index in [2.05, 4.69) is 17.2 Å². The van der Waals surface area contributed by atoms with Gasteiger partial charge in [0, 0.05) is 5.69 Å². The van der Waals surface area contributed by atoms with Gasteiger partial charge in [0.2, 0.25) is 0 Å². The van der Waals surface area contributed by atoms with Crippen LogP contribution in [-0.2, 0) is 6.42 Å². The van der Waals surface area contributed by atoms with Gasteiger partial charge in [-0.2, -0.15) is 0 Å². The van der Waals surface area contributed by atoms with Crippen molar-refractivity contribution in [2.75, 3.05) is 11.9 Å². The lowest BCUT2D eigenvalue weighted by atomic mass is 10.2. The van der Waals surface area contributed by atoms with Gasteiger partial charge in [-0.15, -0.1) is 0 Å². The van der Waals surface area contributed by atoms with Crippen molar-refractivity contribution in [1.29, 1.82) is 0 Å². The average molecular weight is 348 g/mol. The molecular weight excluding hydrogens is 324 g/mol. The molecule has 0 saturated carbocycles. The number of rotatable bonds is 10. The summed E-state index contributed by atoms with van der Waals surface area (Å²) in [4.78, 5) is 15.8. The third-order valence-corrected chi connectivity index (χ3v) is 4.60. The Bertz CT molecular complexity index is 653. The molecule has 0 saturated heterocycles. The maximum Gasteiger partial charge on any atom is 0.347 e. The second-order valence-corrected chi connectivity index (χ2v) is 6.51. The highest BCUT2D eigenvalue weighted by atomic mass is 32.1. The molecule has 0 aliphatic heterocycles. The van der Waals surface area contributed by atoms with Gasteiger partial charge in [-0.05, 0) is 37.1 Å². The van der Waals surface area contributed by atoms with Crippen molar-refractivity contribution < 1.29 is 14.6 Å². The zero-order valence-electron chi connectivity index (χ0n) is 14.2. The summed E-state index contributed by atoms with van der Waals surface area (Å²) in [6.07, 6.45) is 5.35. The molecule has 1 aromatic carbocycles. The van der Waals surface area contributed by atoms with Gasteiger partial charge in [-0.3, -0.25) is 0 Å². The highest BCUT2D eigenvalue weighted by molar-refractivity contribution is 7.17. The van der Waals surface area contributed by atoms with Gasteiger partial charge in [0.1, 0.15) is 10.6 Å². The van der Waals surface area contributed by atoms with Crippen LogP contribution in [0.2, 0.25) is 0 Å². The Hall–Kier alpha value is -2.08. The van der Waals surface area contributed by atoms with Crippen LogP contribution in [0.5, 0.6) is 5.75 Å². The predicted molar refractivity (Wildman–Crippen MR) is 97.8 cm³/mol. The minimum atomic E-state index is -0.927. The van der Waals surface area contributed by atoms with Crippen LogP contribution in [0.1, 0.15) is 54.9 Å². The van der Waals surface area contributed by atoms with E-state index in [-0.39, 0.29) is 0 Å². The summed E-state index contributed by atoms with van der Waals surface area (Å²) in [5.41, 5.74) is 1.48. The smallest absolute Gasteiger partial charge is 0.347 e. The third kappa shape index (κ3) is 5.23. The largest absolute Gasteiger partial charge is 0.494 e. The standard InChI is InChI=1S/C18H24N2O3S/c1-3-5-6-7-12-23-14-10-8-13(9-11-14)19-18-20-15(4-2)16(24-18)17(21)22/h8-11H,3-7,12H2,1-2H3,(H,19,20)(H,21,22). The van der Waals surface area contributed by atoms with Crippen LogP contribution in [0.3, 0.4) is 0 Å². The number of anilines is 2. The minimum absolute atomic E-state index is 0.298. The topological polar surface area (TPSA) is 71.5 Å². The molecule has 0 aliphatic rings. The van der Waals surface area contributed by atoms with Gasteiger partial charge in [-0.1, -0.05) is 44.4 Å². The highest BCUT2D eigenvalue weighted by Crippen LogP contribution is 2.27. The highest BCUT2D eigenvalue weighted by Gasteiger charge is 2.15. The molecule has 1 heterocycles. The van der Waals surface area contributed by atoms with Crippen LogP contribution < -0.4 is 10.1 Å². The summed E-state index contributed by atoms with van der Waals surface area (Å²) < 4.78 is 5.71. The van der Waals surface area contributed by atoms with E-state index in [9.17, 15) is 9.90 Å². The molecule has 5 nitrogen and oxygen atoms in total. The molecular formula is C18H24N2O3S. The summed E-state index contributed by atoms with van der Waals surface area (Å²) in [5, 5.41) is 12.9. The first kappa shape index (κ1) is 18.3. The number of aromatic nitrogens is 1. The number of thiazole rings is 1. The quantitative estimate of drug-likeness (QED) is 0.584. The monoisotopic (exact) mass is 348 g/mol. The Balaban J connectivity index is 1.90. The van der Waals surface area contributed by atoms with E-state index in [4.69, 9.17) is 4.74 Å². The SMILES string of the molecule is CCCCCCOc1ccc(Nc2nc(CC)c(C(=O)O)s2)cc1. The van der Waals surface area contributed by atoms with E-state index in [0.29, 0.717) is 22.1 Å². The lowest BCUT2D eigenvalue weighted by Crippen LogP contribution is -1.97. The molecule has 24 heavy (non-hydrogen) atoms. The van der Waals surface area contributed by atoms with Crippen molar-refractivity contribution in [3.05, 3.63) is 34.8 Å². The van der Waals surface area contributed by atoms with Gasteiger partial charge in [0.25, 0.3) is 0 Å². The van der Waals surface area contributed by atoms with Gasteiger partial charge in [0.05, 0.1) is 12.3 Å². The first-order valence-electron chi connectivity index (χ1n) is 8.37. The fourth-order valence-corrected chi connectivity index (χ4v) is 3.20. The number of nitrogens with zero attached hydrogens (tertiary/aromatic N) is 1. The van der Waals surface area contributed by atoms with Crippen LogP contribution in [0.4, 0.5) is 10.8 Å². The number of hydrogen-bond donors (Lipinski definition) is 2. The number of unbranched alkanes of at least 4 members (excludes halogenated alkanes) is 3. The van der Waals surface area contributed by atoms with E-state index in [1.54, 1.807) is 0 Å². The minimum Gasteiger partial charge on any atom is -0.494 e. The van der Waals surface area contributed by atoms with E-state index < -0.39 is 5.97 Å². The van der Waals surface area contributed by atoms with Crippen LogP contribution in [0.15, 0.2) is 24.3 Å². The zero-order valence-corrected chi connectivity index (χ0v) is 15.0. The number of hydrogen-bond acceptors (Lipinski definition) is 5. The summed E-state index contributed by atoms with van der Waals surface area (Å²) in [6, 6.07) is 7.65. The first-order chi connectivity index (χ1) is 11.6. The Morgan fingerprint density at radius 1 is 1.21 bits per heavy atom. The zero-order chi connectivity index (χ0) is 17.4. The molecule has 0 spiro atoms. The normalized spacial score (nSPS) is 10.6. The second-order valence-electron chi connectivity index (χ2n) is 5.51. The average Bonchev–Trinajstić information content (AvgIpc) is 2.99. The maximum absolute atomic E-state index is 11.2. The van der Waals surface area contributed by atoms with Crippen LogP contribution in [-0.4, -0.2) is 22.7 Å². The molecule has 0 amide bonds. The van der Waals surface area contributed by atoms with Crippen molar-refractivity contribution in [3.8, 4) is 5.75 Å². The molecule has 0 aliphatic carbocycles. The molecule has 0 atom stereocenters. The predicted octanol–water partition coefficient (Wildman–Crippen LogP) is 5.11. The van der Waals surface area contributed by atoms with E-state index >= 15 is 0 Å². The van der Waals surface area contributed by atoms with E-state index in [0.717, 1.165) is 35.8 Å². The first-order valence-corrected chi connectivity index (χ1v) is 9.18. The Labute approximate surface area is 146 Å². The lowest BCUT2D eigenvalue weighted by molar-refractivity contribution is 0.0701. The van der Waals surface area contributed by atoms with E-state index in [1.165, 1.54) is 19.3 Å². The number of carboxylic acids is 1. The maximum atomic E-state index is 11.2. The molecule has 0 bridgehead atoms. The van der Waals surface area contributed by atoms with Crippen molar-refractivity contribution in [3.63, 3.8) is 0 Å². The second kappa shape index (κ2) is 9.27. The summed E-state index contributed by atoms with van der Waals surface area (Å²) in [5.74, 6) is -0.0825. The van der Waals surface area contributed by atoms with Crippen LogP contribution in [0.25, 0.3) is 0 Å². The fraction of sp³-hybridized carbons (Fsp3) is 0.444. The number of ether oxygens (including phenoxy) is 1. The summed E-state index contributed by atoms with van der Waals surface area (Å²) >= 11 is 1.16. The molecule has 6 heteroatoms. The number of aryl methyl sites for hydroxylation is 1. The van der Waals surface area contributed by atoms with Gasteiger partial charge < -0.3 is 15.2 Å². The third-order valence-electron chi connectivity index (χ3n) is 3.60. The molecule has 0 unspecified atom stereocenters. The fourth-order valence-electron chi connectivity index (χ4n) is 2.29. The number of benzene rings is 1. The Morgan fingerprint density at radius 3 is 2.54 bits per heavy atom. The van der Waals surface area contributed by atoms with Gasteiger partial charge >= 0.3 is 5.97 Å². The van der Waals surface area contributed by atoms with Gasteiger partial charge in [-0.25, -0.2) is 9.78 Å². The summed E-state index contributed by atoms with van der Waals surface area (Å²) in [6.45, 7) is 4.83. The molecule has 130 valence electrons.